The molecule has 1 saturated heterocycles. The molecule has 2 amide bonds. The third-order valence-electron chi connectivity index (χ3n) is 4.83. The Hall–Kier alpha value is -0.820. The number of hydrogen-bond acceptors (Lipinski definition) is 4. The Labute approximate surface area is 161 Å². The van der Waals surface area contributed by atoms with Crippen LogP contribution in [0.5, 0.6) is 0 Å². The molecule has 0 radical (unpaired) electrons. The summed E-state index contributed by atoms with van der Waals surface area (Å²) in [6, 6.07) is 1.88. The maximum Gasteiger partial charge on any atom is 0.257 e. The average molecular weight is 405 g/mol. The quantitative estimate of drug-likeness (QED) is 0.774. The van der Waals surface area contributed by atoms with Gasteiger partial charge in [-0.15, -0.1) is 34.5 Å². The summed E-state index contributed by atoms with van der Waals surface area (Å²) in [7, 11) is 0. The normalized spacial score (nSPS) is 25.1. The standard InChI is InChI=1S/C17H22Cl2N2O3S/c1-10(2)12-8-11(14(22)21-4-6-24-7-5-21)13(25-12)20-15(23)16(3)9-17(16,18)19/h8,10H,4-7,9H2,1-3H3,(H,20,23)/t16-/m0/s1. The van der Waals surface area contributed by atoms with Gasteiger partial charge < -0.3 is 15.0 Å². The number of alkyl halides is 2. The van der Waals surface area contributed by atoms with Crippen molar-refractivity contribution in [3.8, 4) is 0 Å². The van der Waals surface area contributed by atoms with Gasteiger partial charge in [-0.3, -0.25) is 9.59 Å². The van der Waals surface area contributed by atoms with Crippen molar-refractivity contribution in [3.05, 3.63) is 16.5 Å². The summed E-state index contributed by atoms with van der Waals surface area (Å²) in [5.74, 6) is -0.0556. The van der Waals surface area contributed by atoms with Crippen LogP contribution in [0.15, 0.2) is 6.07 Å². The number of ether oxygens (including phenoxy) is 1. The maximum absolute atomic E-state index is 12.9. The molecule has 2 heterocycles. The van der Waals surface area contributed by atoms with Crippen molar-refractivity contribution >= 4 is 51.4 Å². The molecule has 2 fully saturated rings. The molecule has 1 aromatic heterocycles. The molecule has 138 valence electrons. The molecule has 25 heavy (non-hydrogen) atoms. The first-order valence-electron chi connectivity index (χ1n) is 8.36. The van der Waals surface area contributed by atoms with Gasteiger partial charge in [-0.25, -0.2) is 0 Å². The second-order valence-electron chi connectivity index (χ2n) is 7.12. The zero-order valence-corrected chi connectivity index (χ0v) is 16.9. The van der Waals surface area contributed by atoms with Crippen LogP contribution in [0.4, 0.5) is 5.00 Å². The number of nitrogens with zero attached hydrogens (tertiary/aromatic N) is 1. The van der Waals surface area contributed by atoms with Gasteiger partial charge in [-0.2, -0.15) is 0 Å². The summed E-state index contributed by atoms with van der Waals surface area (Å²) in [6.45, 7) is 8.05. The summed E-state index contributed by atoms with van der Waals surface area (Å²) < 4.78 is 4.27. The predicted octanol–water partition coefficient (Wildman–Crippen LogP) is 3.87. The molecule has 0 aromatic carbocycles. The van der Waals surface area contributed by atoms with Crippen LogP contribution >= 0.6 is 34.5 Å². The Balaban J connectivity index is 1.85. The van der Waals surface area contributed by atoms with Crippen molar-refractivity contribution in [2.45, 2.75) is 37.4 Å². The Kier molecular flexibility index (Phi) is 5.10. The number of anilines is 1. The minimum Gasteiger partial charge on any atom is -0.378 e. The monoisotopic (exact) mass is 404 g/mol. The number of hydrogen-bond donors (Lipinski definition) is 1. The van der Waals surface area contributed by atoms with Crippen LogP contribution in [0.25, 0.3) is 0 Å². The number of carbonyl (C=O) groups excluding carboxylic acids is 2. The van der Waals surface area contributed by atoms with Gasteiger partial charge in [0.2, 0.25) is 5.91 Å². The smallest absolute Gasteiger partial charge is 0.257 e. The van der Waals surface area contributed by atoms with Crippen molar-refractivity contribution < 1.29 is 14.3 Å². The molecule has 2 aliphatic rings. The number of rotatable bonds is 4. The highest BCUT2D eigenvalue weighted by Crippen LogP contribution is 2.64. The molecule has 1 aliphatic heterocycles. The van der Waals surface area contributed by atoms with Crippen LogP contribution in [0, 0.1) is 5.41 Å². The lowest BCUT2D eigenvalue weighted by molar-refractivity contribution is -0.120. The van der Waals surface area contributed by atoms with Crippen LogP contribution in [0.3, 0.4) is 0 Å². The summed E-state index contributed by atoms with van der Waals surface area (Å²) in [4.78, 5) is 28.3. The zero-order valence-electron chi connectivity index (χ0n) is 14.5. The first-order chi connectivity index (χ1) is 11.7. The number of carbonyl (C=O) groups is 2. The molecule has 1 aromatic rings. The molecule has 3 rings (SSSR count). The van der Waals surface area contributed by atoms with Crippen molar-refractivity contribution in [1.82, 2.24) is 4.90 Å². The summed E-state index contributed by atoms with van der Waals surface area (Å²) in [5.41, 5.74) is -0.292. The summed E-state index contributed by atoms with van der Waals surface area (Å²) >= 11 is 13.7. The second-order valence-corrected chi connectivity index (χ2v) is 9.69. The molecule has 5 nitrogen and oxygen atoms in total. The van der Waals surface area contributed by atoms with Crippen LogP contribution in [0.1, 0.15) is 48.3 Å². The first kappa shape index (κ1) is 19.0. The van der Waals surface area contributed by atoms with Gasteiger partial charge in [0.15, 0.2) is 0 Å². The number of halogens is 2. The highest BCUT2D eigenvalue weighted by atomic mass is 35.5. The van der Waals surface area contributed by atoms with Gasteiger partial charge in [-0.05, 0) is 25.3 Å². The molecule has 1 N–H and O–H groups in total. The first-order valence-corrected chi connectivity index (χ1v) is 9.93. The van der Waals surface area contributed by atoms with E-state index in [-0.39, 0.29) is 17.7 Å². The van der Waals surface area contributed by atoms with Crippen LogP contribution in [0.2, 0.25) is 0 Å². The van der Waals surface area contributed by atoms with E-state index in [0.29, 0.717) is 43.3 Å². The van der Waals surface area contributed by atoms with E-state index in [1.54, 1.807) is 11.8 Å². The van der Waals surface area contributed by atoms with Gasteiger partial charge in [0.05, 0.1) is 24.2 Å². The van der Waals surface area contributed by atoms with Gasteiger partial charge in [-0.1, -0.05) is 13.8 Å². The molecule has 0 bridgehead atoms. The fraction of sp³-hybridized carbons (Fsp3) is 0.647. The van der Waals surface area contributed by atoms with E-state index in [2.05, 4.69) is 19.2 Å². The molecule has 8 heteroatoms. The lowest BCUT2D eigenvalue weighted by atomic mass is 10.1. The topological polar surface area (TPSA) is 58.6 Å². The fourth-order valence-electron chi connectivity index (χ4n) is 2.77. The third kappa shape index (κ3) is 3.54. The fourth-order valence-corrected chi connectivity index (χ4v) is 4.52. The minimum absolute atomic E-state index is 0.0780. The molecular weight excluding hydrogens is 383 g/mol. The van der Waals surface area contributed by atoms with Crippen molar-refractivity contribution in [2.24, 2.45) is 5.41 Å². The van der Waals surface area contributed by atoms with Crippen LogP contribution in [-0.4, -0.2) is 47.4 Å². The lowest BCUT2D eigenvalue weighted by Crippen LogP contribution is -2.40. The largest absolute Gasteiger partial charge is 0.378 e. The lowest BCUT2D eigenvalue weighted by Gasteiger charge is -2.27. The van der Waals surface area contributed by atoms with Crippen molar-refractivity contribution in [1.29, 1.82) is 0 Å². The highest BCUT2D eigenvalue weighted by Gasteiger charge is 2.68. The Morgan fingerprint density at radius 2 is 1.92 bits per heavy atom. The predicted molar refractivity (Wildman–Crippen MR) is 101 cm³/mol. The number of morpholine rings is 1. The van der Waals surface area contributed by atoms with Crippen molar-refractivity contribution in [3.63, 3.8) is 0 Å². The van der Waals surface area contributed by atoms with Gasteiger partial charge in [0, 0.05) is 18.0 Å². The number of thiophene rings is 1. The molecular formula is C17H22Cl2N2O3S. The molecule has 1 aliphatic carbocycles. The zero-order chi connectivity index (χ0) is 18.4. The van der Waals surface area contributed by atoms with E-state index in [1.165, 1.54) is 11.3 Å². The Morgan fingerprint density at radius 3 is 2.44 bits per heavy atom. The minimum atomic E-state index is -1.04. The van der Waals surface area contributed by atoms with E-state index >= 15 is 0 Å². The van der Waals surface area contributed by atoms with Gasteiger partial charge in [0.1, 0.15) is 9.33 Å². The third-order valence-corrected chi connectivity index (χ3v) is 7.29. The number of nitrogens with one attached hydrogen (secondary N) is 1. The van der Waals surface area contributed by atoms with E-state index in [9.17, 15) is 9.59 Å². The second kappa shape index (κ2) is 6.72. The summed E-state index contributed by atoms with van der Waals surface area (Å²) in [6.07, 6.45) is 0.407. The van der Waals surface area contributed by atoms with Crippen LogP contribution in [-0.2, 0) is 9.53 Å². The van der Waals surface area contributed by atoms with Crippen molar-refractivity contribution in [2.75, 3.05) is 31.6 Å². The summed E-state index contributed by atoms with van der Waals surface area (Å²) in [5, 5.41) is 3.47. The average Bonchev–Trinajstić information content (AvgIpc) is 2.92. The number of amides is 2. The van der Waals surface area contributed by atoms with E-state index < -0.39 is 9.75 Å². The van der Waals surface area contributed by atoms with Crippen LogP contribution < -0.4 is 5.32 Å². The Bertz CT molecular complexity index is 698. The molecule has 1 atom stereocenters. The SMILES string of the molecule is CC(C)c1cc(C(=O)N2CCOCC2)c(NC(=O)[C@]2(C)CC2(Cl)Cl)s1. The molecule has 1 saturated carbocycles. The highest BCUT2D eigenvalue weighted by molar-refractivity contribution is 7.16. The van der Waals surface area contributed by atoms with Gasteiger partial charge in [0.25, 0.3) is 5.91 Å². The van der Waals surface area contributed by atoms with E-state index in [0.717, 1.165) is 4.88 Å². The molecule has 0 spiro atoms. The molecule has 0 unspecified atom stereocenters. The van der Waals surface area contributed by atoms with E-state index in [1.807, 2.05) is 6.07 Å². The maximum atomic E-state index is 12.9. The Morgan fingerprint density at radius 1 is 1.32 bits per heavy atom. The van der Waals surface area contributed by atoms with E-state index in [4.69, 9.17) is 27.9 Å². The van der Waals surface area contributed by atoms with Gasteiger partial charge >= 0.3 is 0 Å².